The minimum absolute atomic E-state index is 0.107. The molecule has 0 fully saturated rings. The van der Waals surface area contributed by atoms with Crippen LogP contribution in [0.25, 0.3) is 0 Å². The summed E-state index contributed by atoms with van der Waals surface area (Å²) >= 11 is 0. The smallest absolute Gasteiger partial charge is 0.180 e. The van der Waals surface area contributed by atoms with Crippen molar-refractivity contribution >= 4 is 33.2 Å². The zero-order valence-corrected chi connectivity index (χ0v) is 23.5. The van der Waals surface area contributed by atoms with Gasteiger partial charge >= 0.3 is 0 Å². The average molecular weight is 537 g/mol. The van der Waals surface area contributed by atoms with E-state index in [1.807, 2.05) is 27.7 Å². The van der Waals surface area contributed by atoms with Crippen LogP contribution < -0.4 is 0 Å². The first kappa shape index (κ1) is 30.5. The van der Waals surface area contributed by atoms with Crippen LogP contribution >= 0.6 is 0 Å². The molecule has 0 aromatic rings. The molecule has 0 saturated heterocycles. The van der Waals surface area contributed by atoms with Crippen molar-refractivity contribution in [2.45, 2.75) is 79.1 Å². The molecule has 2 unspecified atom stereocenters. The third-order valence-corrected chi connectivity index (χ3v) is 9.36. The molecule has 2 rings (SSSR count). The molecule has 2 N–H and O–H groups in total. The first-order valence-electron chi connectivity index (χ1n) is 12.5. The summed E-state index contributed by atoms with van der Waals surface area (Å²) < 4.78 is 26.0. The number of aliphatic hydroxyl groups excluding tert-OH is 2. The van der Waals surface area contributed by atoms with E-state index < -0.39 is 21.6 Å². The number of unbranched alkanes of at least 4 members (excludes halogenated alkanes) is 2. The largest absolute Gasteiger partial charge is 0.396 e. The molecule has 0 aromatic heterocycles. The van der Waals surface area contributed by atoms with Crippen molar-refractivity contribution in [2.75, 3.05) is 13.2 Å². The number of aliphatic hydroxyl groups is 2. The minimum atomic E-state index is -1.49. The highest BCUT2D eigenvalue weighted by molar-refractivity contribution is 7.93. The number of rotatable bonds is 14. The number of carbonyl (C=O) groups is 2. The molecule has 36 heavy (non-hydrogen) atoms. The lowest BCUT2D eigenvalue weighted by Gasteiger charge is -2.21. The summed E-state index contributed by atoms with van der Waals surface area (Å²) in [6.45, 7) is 8.19. The van der Waals surface area contributed by atoms with Crippen LogP contribution in [0.5, 0.6) is 0 Å². The Balaban J connectivity index is 1.97. The Morgan fingerprint density at radius 2 is 1.03 bits per heavy atom. The van der Waals surface area contributed by atoms with Crippen molar-refractivity contribution in [1.29, 1.82) is 0 Å². The molecule has 2 atom stereocenters. The molecule has 0 saturated carbocycles. The fourth-order valence-corrected chi connectivity index (χ4v) is 6.42. The molecule has 2 heterocycles. The summed E-state index contributed by atoms with van der Waals surface area (Å²) in [5.74, 6) is -0.470. The van der Waals surface area contributed by atoms with Crippen molar-refractivity contribution < 1.29 is 28.2 Å². The number of carbonyl (C=O) groups excluding carboxylic acids is 2. The molecular formula is C28H40O6S2. The second-order valence-electron chi connectivity index (χ2n) is 11.0. The molecule has 8 heteroatoms. The van der Waals surface area contributed by atoms with E-state index in [2.05, 4.69) is 0 Å². The first-order valence-corrected chi connectivity index (χ1v) is 14.8. The lowest BCUT2D eigenvalue weighted by atomic mass is 9.88. The predicted molar refractivity (Wildman–Crippen MR) is 146 cm³/mol. The van der Waals surface area contributed by atoms with Crippen LogP contribution in [-0.2, 0) is 31.2 Å². The third-order valence-electron chi connectivity index (χ3n) is 6.40. The number of hydrogen-bond acceptors (Lipinski definition) is 6. The minimum Gasteiger partial charge on any atom is -0.396 e. The molecule has 0 radical (unpaired) electrons. The van der Waals surface area contributed by atoms with E-state index in [0.717, 1.165) is 38.5 Å². The molecule has 0 aliphatic carbocycles. The van der Waals surface area contributed by atoms with E-state index in [9.17, 15) is 28.2 Å². The van der Waals surface area contributed by atoms with Crippen molar-refractivity contribution in [3.63, 3.8) is 0 Å². The lowest BCUT2D eigenvalue weighted by Crippen LogP contribution is -2.16. The van der Waals surface area contributed by atoms with Crippen molar-refractivity contribution in [1.82, 2.24) is 0 Å². The molecule has 0 spiro atoms. The van der Waals surface area contributed by atoms with E-state index >= 15 is 0 Å². The highest BCUT2D eigenvalue weighted by Gasteiger charge is 2.22. The highest BCUT2D eigenvalue weighted by Crippen LogP contribution is 2.29. The Bertz CT molecular complexity index is 958. The van der Waals surface area contributed by atoms with Gasteiger partial charge in [0.05, 0.1) is 21.6 Å². The number of ketones is 2. The maximum absolute atomic E-state index is 13.0. The third kappa shape index (κ3) is 9.61. The summed E-state index contributed by atoms with van der Waals surface area (Å²) in [5, 5.41) is 18.8. The van der Waals surface area contributed by atoms with Gasteiger partial charge in [0.15, 0.2) is 11.6 Å². The normalized spacial score (nSPS) is 21.4. The van der Waals surface area contributed by atoms with Gasteiger partial charge in [-0.15, -0.1) is 0 Å². The van der Waals surface area contributed by atoms with Gasteiger partial charge < -0.3 is 10.2 Å². The summed E-state index contributed by atoms with van der Waals surface area (Å²) in [6.07, 6.45) is 14.5. The second-order valence-corrected chi connectivity index (χ2v) is 14.1. The zero-order valence-electron chi connectivity index (χ0n) is 21.9. The Morgan fingerprint density at radius 3 is 1.36 bits per heavy atom. The van der Waals surface area contributed by atoms with E-state index in [1.165, 1.54) is 36.5 Å². The van der Waals surface area contributed by atoms with Gasteiger partial charge in [0.2, 0.25) is 0 Å². The second kappa shape index (κ2) is 13.7. The molecule has 2 aliphatic rings. The molecular weight excluding hydrogens is 496 g/mol. The molecule has 0 amide bonds. The Labute approximate surface area is 220 Å². The van der Waals surface area contributed by atoms with Crippen LogP contribution in [0.15, 0.2) is 56.1 Å². The molecule has 2 aliphatic heterocycles. The first-order chi connectivity index (χ1) is 16.9. The van der Waals surface area contributed by atoms with E-state index in [1.54, 1.807) is 0 Å². The van der Waals surface area contributed by atoms with Crippen LogP contribution in [-0.4, -0.2) is 43.4 Å². The van der Waals surface area contributed by atoms with Gasteiger partial charge in [-0.1, -0.05) is 40.5 Å². The molecule has 0 aromatic carbocycles. The summed E-state index contributed by atoms with van der Waals surface area (Å²) in [5.41, 5.74) is -0.318. The Morgan fingerprint density at radius 1 is 0.667 bits per heavy atom. The summed E-state index contributed by atoms with van der Waals surface area (Å²) in [6, 6.07) is 0. The van der Waals surface area contributed by atoms with Gasteiger partial charge in [0.25, 0.3) is 0 Å². The van der Waals surface area contributed by atoms with Crippen LogP contribution in [0, 0.1) is 10.8 Å². The van der Waals surface area contributed by atoms with Gasteiger partial charge in [0.1, 0.15) is 0 Å². The van der Waals surface area contributed by atoms with Crippen molar-refractivity contribution in [3.8, 4) is 0 Å². The van der Waals surface area contributed by atoms with Gasteiger partial charge in [-0.2, -0.15) is 0 Å². The Kier molecular flexibility index (Phi) is 11.6. The van der Waals surface area contributed by atoms with Gasteiger partial charge in [-0.3, -0.25) is 9.59 Å². The van der Waals surface area contributed by atoms with Crippen LogP contribution in [0.2, 0.25) is 0 Å². The standard InChI is InChI=1S/C28H40O6S2/c1-27(2,19-29)13-7-5-9-23-15-21(31)17-25(35(23)33)11-12-26-18-22(32)16-24(36(26)34)10-6-8-14-28(3,4)20-30/h11-12,15-18,29-30H,5-10,13-14,19-20H2,1-4H3/b12-11+. The fourth-order valence-electron chi connectivity index (χ4n) is 3.88. The van der Waals surface area contributed by atoms with E-state index in [-0.39, 0.29) is 35.6 Å². The SMILES string of the molecule is CC(C)(CO)CCCCC1=CC(=O)C=C(/C=C/C2=CC(=O)C=C(CCCCC(C)(C)CO)S2=O)S1=O. The monoisotopic (exact) mass is 536 g/mol. The predicted octanol–water partition coefficient (Wildman–Crippen LogP) is 4.90. The van der Waals surface area contributed by atoms with Crippen molar-refractivity contribution in [2.24, 2.45) is 10.8 Å². The zero-order chi connectivity index (χ0) is 26.9. The highest BCUT2D eigenvalue weighted by atomic mass is 32.2. The molecule has 0 bridgehead atoms. The van der Waals surface area contributed by atoms with Crippen LogP contribution in [0.3, 0.4) is 0 Å². The van der Waals surface area contributed by atoms with Gasteiger partial charge in [-0.05, 0) is 73.7 Å². The maximum atomic E-state index is 13.0. The maximum Gasteiger partial charge on any atom is 0.180 e. The van der Waals surface area contributed by atoms with Gasteiger partial charge in [0, 0.05) is 45.0 Å². The quantitative estimate of drug-likeness (QED) is 0.306. The van der Waals surface area contributed by atoms with Crippen molar-refractivity contribution in [3.05, 3.63) is 56.1 Å². The summed E-state index contributed by atoms with van der Waals surface area (Å²) in [4.78, 5) is 26.2. The van der Waals surface area contributed by atoms with E-state index in [4.69, 9.17) is 0 Å². The van der Waals surface area contributed by atoms with Gasteiger partial charge in [-0.25, -0.2) is 8.42 Å². The topological polar surface area (TPSA) is 109 Å². The average Bonchev–Trinajstić information content (AvgIpc) is 2.82. The summed E-state index contributed by atoms with van der Waals surface area (Å²) in [7, 11) is -2.99. The van der Waals surface area contributed by atoms with E-state index in [0.29, 0.717) is 32.5 Å². The fraction of sp³-hybridized carbons (Fsp3) is 0.571. The number of hydrogen-bond donors (Lipinski definition) is 2. The molecule has 6 nitrogen and oxygen atoms in total. The van der Waals surface area contributed by atoms with Crippen LogP contribution in [0.4, 0.5) is 0 Å². The molecule has 200 valence electrons. The van der Waals surface area contributed by atoms with Crippen LogP contribution in [0.1, 0.15) is 79.1 Å². The Hall–Kier alpha value is -1.74. The lowest BCUT2D eigenvalue weighted by molar-refractivity contribution is -0.111. The number of allylic oxidation sites excluding steroid dienone is 8.